The third-order valence-corrected chi connectivity index (χ3v) is 2.60. The van der Waals surface area contributed by atoms with Crippen LogP contribution in [0, 0.1) is 0 Å². The lowest BCUT2D eigenvalue weighted by molar-refractivity contribution is -0.117. The summed E-state index contributed by atoms with van der Waals surface area (Å²) in [5.41, 5.74) is 0. The van der Waals surface area contributed by atoms with E-state index in [1.165, 1.54) is 0 Å². The normalized spacial score (nSPS) is 11.0. The zero-order valence-electron chi connectivity index (χ0n) is 11.5. The van der Waals surface area contributed by atoms with Crippen molar-refractivity contribution in [3.8, 4) is 0 Å². The molecule has 19 heavy (non-hydrogen) atoms. The zero-order chi connectivity index (χ0) is 14.3. The summed E-state index contributed by atoms with van der Waals surface area (Å²) < 4.78 is 1.75. The molecule has 0 unspecified atom stereocenters. The Morgan fingerprint density at radius 1 is 1.68 bits per heavy atom. The first kappa shape index (κ1) is 15.4. The van der Waals surface area contributed by atoms with Crippen molar-refractivity contribution in [1.82, 2.24) is 14.7 Å². The van der Waals surface area contributed by atoms with Gasteiger partial charge in [0.25, 0.3) is 0 Å². The number of anilines is 1. The molecule has 0 aromatic carbocycles. The first-order valence-electron chi connectivity index (χ1n) is 6.36. The van der Waals surface area contributed by atoms with Crippen LogP contribution in [0.25, 0.3) is 0 Å². The van der Waals surface area contributed by atoms with Crippen LogP contribution < -0.4 is 5.32 Å². The summed E-state index contributed by atoms with van der Waals surface area (Å²) in [6, 6.07) is 1.95. The number of aliphatic hydroxyl groups is 1. The van der Waals surface area contributed by atoms with E-state index >= 15 is 0 Å². The Morgan fingerprint density at radius 3 is 3.00 bits per heavy atom. The van der Waals surface area contributed by atoms with Gasteiger partial charge in [-0.1, -0.05) is 6.08 Å². The number of nitrogens with zero attached hydrogens (tertiary/aromatic N) is 3. The van der Waals surface area contributed by atoms with Crippen molar-refractivity contribution in [2.45, 2.75) is 19.9 Å². The van der Waals surface area contributed by atoms with E-state index in [0.29, 0.717) is 18.9 Å². The van der Waals surface area contributed by atoms with E-state index < -0.39 is 0 Å². The predicted molar refractivity (Wildman–Crippen MR) is 75.0 cm³/mol. The summed E-state index contributed by atoms with van der Waals surface area (Å²) in [4.78, 5) is 13.8. The van der Waals surface area contributed by atoms with Crippen LogP contribution in [-0.2, 0) is 4.79 Å². The molecule has 0 bridgehead atoms. The van der Waals surface area contributed by atoms with E-state index in [0.717, 1.165) is 0 Å². The Balaban J connectivity index is 2.58. The molecule has 6 nitrogen and oxygen atoms in total. The summed E-state index contributed by atoms with van der Waals surface area (Å²) in [7, 11) is 0. The van der Waals surface area contributed by atoms with E-state index in [1.54, 1.807) is 23.0 Å². The van der Waals surface area contributed by atoms with Crippen molar-refractivity contribution >= 4 is 11.7 Å². The molecule has 106 valence electrons. The number of carbonyl (C=O) groups excluding carboxylic acids is 1. The average molecular weight is 266 g/mol. The number of aliphatic hydroxyl groups excluding tert-OH is 1. The number of aromatic nitrogens is 2. The molecule has 0 atom stereocenters. The van der Waals surface area contributed by atoms with Gasteiger partial charge in [0.1, 0.15) is 5.82 Å². The fraction of sp³-hybridized carbons (Fsp3) is 0.538. The number of hydrogen-bond acceptors (Lipinski definition) is 4. The largest absolute Gasteiger partial charge is 0.395 e. The van der Waals surface area contributed by atoms with Crippen LogP contribution in [0.2, 0.25) is 0 Å². The molecule has 6 heteroatoms. The van der Waals surface area contributed by atoms with Crippen molar-refractivity contribution in [2.75, 3.05) is 31.6 Å². The maximum atomic E-state index is 11.9. The SMILES string of the molecule is C=CCN(CCO)CC(=O)Nc1ccnn1C(C)C. The monoisotopic (exact) mass is 266 g/mol. The Bertz CT molecular complexity index is 415. The van der Waals surface area contributed by atoms with Crippen LogP contribution >= 0.6 is 0 Å². The molecule has 1 heterocycles. The van der Waals surface area contributed by atoms with Gasteiger partial charge in [-0.15, -0.1) is 6.58 Å². The number of nitrogens with one attached hydrogen (secondary N) is 1. The molecule has 0 aliphatic rings. The lowest BCUT2D eigenvalue weighted by Crippen LogP contribution is -2.35. The van der Waals surface area contributed by atoms with Crippen LogP contribution in [0.4, 0.5) is 5.82 Å². The zero-order valence-corrected chi connectivity index (χ0v) is 11.5. The highest BCUT2D eigenvalue weighted by Crippen LogP contribution is 2.12. The van der Waals surface area contributed by atoms with Gasteiger partial charge >= 0.3 is 0 Å². The highest BCUT2D eigenvalue weighted by molar-refractivity contribution is 5.91. The maximum absolute atomic E-state index is 11.9. The molecule has 0 aliphatic heterocycles. The Hall–Kier alpha value is -1.66. The van der Waals surface area contributed by atoms with Crippen molar-refractivity contribution in [2.24, 2.45) is 0 Å². The summed E-state index contributed by atoms with van der Waals surface area (Å²) in [5.74, 6) is 0.556. The quantitative estimate of drug-likeness (QED) is 0.685. The van der Waals surface area contributed by atoms with E-state index in [4.69, 9.17) is 5.11 Å². The Kier molecular flexibility index (Phi) is 6.24. The topological polar surface area (TPSA) is 70.4 Å². The standard InChI is InChI=1S/C13H22N4O2/c1-4-7-16(8-9-18)10-13(19)15-12-5-6-14-17(12)11(2)3/h4-6,11,18H,1,7-10H2,2-3H3,(H,15,19). The number of carbonyl (C=O) groups is 1. The van der Waals surface area contributed by atoms with Crippen LogP contribution in [-0.4, -0.2) is 51.9 Å². The van der Waals surface area contributed by atoms with E-state index in [1.807, 2.05) is 18.7 Å². The van der Waals surface area contributed by atoms with E-state index in [9.17, 15) is 4.79 Å². The van der Waals surface area contributed by atoms with Crippen LogP contribution in [0.3, 0.4) is 0 Å². The number of hydrogen-bond donors (Lipinski definition) is 2. The molecule has 1 amide bonds. The molecular formula is C13H22N4O2. The molecule has 0 radical (unpaired) electrons. The van der Waals surface area contributed by atoms with E-state index in [-0.39, 0.29) is 25.1 Å². The van der Waals surface area contributed by atoms with Gasteiger partial charge in [0.15, 0.2) is 0 Å². The molecule has 0 aliphatic carbocycles. The summed E-state index contributed by atoms with van der Waals surface area (Å²) in [5, 5.41) is 15.9. The Morgan fingerprint density at radius 2 is 2.42 bits per heavy atom. The minimum absolute atomic E-state index is 0.0189. The molecule has 2 N–H and O–H groups in total. The first-order chi connectivity index (χ1) is 9.08. The average Bonchev–Trinajstić information content (AvgIpc) is 2.77. The van der Waals surface area contributed by atoms with Gasteiger partial charge in [-0.25, -0.2) is 4.68 Å². The van der Waals surface area contributed by atoms with Gasteiger partial charge in [0.05, 0.1) is 19.3 Å². The van der Waals surface area contributed by atoms with Crippen molar-refractivity contribution < 1.29 is 9.90 Å². The van der Waals surface area contributed by atoms with Gasteiger partial charge in [-0.2, -0.15) is 5.10 Å². The molecule has 0 saturated carbocycles. The third kappa shape index (κ3) is 4.84. The molecular weight excluding hydrogens is 244 g/mol. The number of amides is 1. The summed E-state index contributed by atoms with van der Waals surface area (Å²) in [6.07, 6.45) is 3.37. The molecule has 0 spiro atoms. The van der Waals surface area contributed by atoms with Crippen LogP contribution in [0.5, 0.6) is 0 Å². The number of rotatable bonds is 8. The highest BCUT2D eigenvalue weighted by Gasteiger charge is 2.12. The molecule has 0 saturated heterocycles. The highest BCUT2D eigenvalue weighted by atomic mass is 16.3. The fourth-order valence-corrected chi connectivity index (χ4v) is 1.77. The van der Waals surface area contributed by atoms with Gasteiger partial charge in [0.2, 0.25) is 5.91 Å². The minimum Gasteiger partial charge on any atom is -0.395 e. The molecule has 1 aromatic rings. The smallest absolute Gasteiger partial charge is 0.239 e. The lowest BCUT2D eigenvalue weighted by Gasteiger charge is -2.19. The maximum Gasteiger partial charge on any atom is 0.239 e. The molecule has 1 aromatic heterocycles. The van der Waals surface area contributed by atoms with Gasteiger partial charge in [0, 0.05) is 25.2 Å². The summed E-state index contributed by atoms with van der Waals surface area (Å²) in [6.45, 7) is 8.88. The van der Waals surface area contributed by atoms with Crippen molar-refractivity contribution in [3.05, 3.63) is 24.9 Å². The van der Waals surface area contributed by atoms with Gasteiger partial charge in [-0.05, 0) is 13.8 Å². The van der Waals surface area contributed by atoms with Crippen molar-refractivity contribution in [1.29, 1.82) is 0 Å². The fourth-order valence-electron chi connectivity index (χ4n) is 1.77. The molecule has 0 fully saturated rings. The summed E-state index contributed by atoms with van der Waals surface area (Å²) >= 11 is 0. The van der Waals surface area contributed by atoms with E-state index in [2.05, 4.69) is 17.0 Å². The molecule has 1 rings (SSSR count). The van der Waals surface area contributed by atoms with Crippen LogP contribution in [0.1, 0.15) is 19.9 Å². The van der Waals surface area contributed by atoms with Gasteiger partial charge in [-0.3, -0.25) is 9.69 Å². The van der Waals surface area contributed by atoms with Crippen molar-refractivity contribution in [3.63, 3.8) is 0 Å². The third-order valence-electron chi connectivity index (χ3n) is 2.60. The second-order valence-corrected chi connectivity index (χ2v) is 4.55. The lowest BCUT2D eigenvalue weighted by atomic mass is 10.4. The second kappa shape index (κ2) is 7.70. The minimum atomic E-state index is -0.127. The second-order valence-electron chi connectivity index (χ2n) is 4.55. The Labute approximate surface area is 113 Å². The van der Waals surface area contributed by atoms with Crippen LogP contribution in [0.15, 0.2) is 24.9 Å². The predicted octanol–water partition coefficient (Wildman–Crippen LogP) is 0.883. The van der Waals surface area contributed by atoms with Gasteiger partial charge < -0.3 is 10.4 Å². The first-order valence-corrected chi connectivity index (χ1v) is 6.36.